The lowest BCUT2D eigenvalue weighted by Gasteiger charge is -2.18. The molecule has 1 aromatic carbocycles. The average molecular weight is 364 g/mol. The molecule has 0 bridgehead atoms. The molecule has 0 spiro atoms. The SMILES string of the molecule is O=C(N[C@@H]1CCS(=O)(=O)C1)c1cc(-c2ccc3c(c2)OCCO3)on1. The van der Waals surface area contributed by atoms with E-state index in [1.165, 1.54) is 6.07 Å². The molecule has 1 N–H and O–H groups in total. The number of nitrogens with one attached hydrogen (secondary N) is 1. The third kappa shape index (κ3) is 3.32. The summed E-state index contributed by atoms with van der Waals surface area (Å²) in [5, 5.41) is 6.45. The highest BCUT2D eigenvalue weighted by molar-refractivity contribution is 7.91. The van der Waals surface area contributed by atoms with Crippen molar-refractivity contribution in [2.45, 2.75) is 12.5 Å². The number of sulfone groups is 1. The van der Waals surface area contributed by atoms with E-state index < -0.39 is 15.7 Å². The van der Waals surface area contributed by atoms with Crippen LogP contribution in [0.1, 0.15) is 16.9 Å². The Kier molecular flexibility index (Phi) is 3.87. The molecule has 9 heteroatoms. The van der Waals surface area contributed by atoms with E-state index in [1.807, 2.05) is 0 Å². The molecule has 8 nitrogen and oxygen atoms in total. The summed E-state index contributed by atoms with van der Waals surface area (Å²) in [6.07, 6.45) is 0.418. The molecule has 1 atom stereocenters. The molecule has 132 valence electrons. The van der Waals surface area contributed by atoms with E-state index in [4.69, 9.17) is 14.0 Å². The Morgan fingerprint density at radius 2 is 1.96 bits per heavy atom. The van der Waals surface area contributed by atoms with Gasteiger partial charge in [-0.1, -0.05) is 5.16 Å². The standard InChI is InChI=1S/C16H16N2O6S/c19-16(17-11-3-6-25(20,21)9-11)12-8-14(24-18-12)10-1-2-13-15(7-10)23-5-4-22-13/h1-2,7-8,11H,3-6,9H2,(H,17,19)/t11-/m1/s1. The lowest BCUT2D eigenvalue weighted by atomic mass is 10.1. The molecule has 25 heavy (non-hydrogen) atoms. The van der Waals surface area contributed by atoms with Gasteiger partial charge in [-0.2, -0.15) is 0 Å². The minimum absolute atomic E-state index is 0.0361. The zero-order valence-corrected chi connectivity index (χ0v) is 14.0. The fourth-order valence-corrected chi connectivity index (χ4v) is 4.56. The van der Waals surface area contributed by atoms with Crippen LogP contribution in [0, 0.1) is 0 Å². The maximum Gasteiger partial charge on any atom is 0.273 e. The first-order valence-electron chi connectivity index (χ1n) is 7.88. The molecule has 0 radical (unpaired) electrons. The summed E-state index contributed by atoms with van der Waals surface area (Å²) in [4.78, 5) is 12.2. The molecule has 4 rings (SSSR count). The van der Waals surface area contributed by atoms with Crippen molar-refractivity contribution in [2.75, 3.05) is 24.7 Å². The topological polar surface area (TPSA) is 108 Å². The molecule has 0 unspecified atom stereocenters. The van der Waals surface area contributed by atoms with E-state index in [0.29, 0.717) is 42.5 Å². The quantitative estimate of drug-likeness (QED) is 0.866. The third-order valence-electron chi connectivity index (χ3n) is 4.14. The molecule has 2 aromatic rings. The van der Waals surface area contributed by atoms with Gasteiger partial charge in [-0.3, -0.25) is 4.79 Å². The van der Waals surface area contributed by atoms with Gasteiger partial charge in [0, 0.05) is 17.7 Å². The molecule has 2 aliphatic rings. The number of benzene rings is 1. The highest BCUT2D eigenvalue weighted by Crippen LogP contribution is 2.34. The van der Waals surface area contributed by atoms with Gasteiger partial charge in [0.2, 0.25) is 0 Å². The van der Waals surface area contributed by atoms with Gasteiger partial charge in [0.1, 0.15) is 13.2 Å². The van der Waals surface area contributed by atoms with Crippen molar-refractivity contribution in [2.24, 2.45) is 0 Å². The van der Waals surface area contributed by atoms with E-state index in [1.54, 1.807) is 18.2 Å². The van der Waals surface area contributed by atoms with Crippen LogP contribution in [0.2, 0.25) is 0 Å². The Morgan fingerprint density at radius 1 is 1.16 bits per heavy atom. The van der Waals surface area contributed by atoms with Crippen LogP contribution in [-0.4, -0.2) is 50.2 Å². The second-order valence-corrected chi connectivity index (χ2v) is 8.24. The van der Waals surface area contributed by atoms with Crippen molar-refractivity contribution in [1.82, 2.24) is 10.5 Å². The summed E-state index contributed by atoms with van der Waals surface area (Å²) in [7, 11) is -3.05. The minimum atomic E-state index is -3.05. The summed E-state index contributed by atoms with van der Waals surface area (Å²) in [6, 6.07) is 6.46. The molecule has 1 aromatic heterocycles. The summed E-state index contributed by atoms with van der Waals surface area (Å²) < 4.78 is 39.1. The molecule has 1 saturated heterocycles. The first-order valence-corrected chi connectivity index (χ1v) is 9.70. The fraction of sp³-hybridized carbons (Fsp3) is 0.375. The smallest absolute Gasteiger partial charge is 0.273 e. The van der Waals surface area contributed by atoms with Crippen LogP contribution >= 0.6 is 0 Å². The van der Waals surface area contributed by atoms with Crippen LogP contribution in [0.5, 0.6) is 11.5 Å². The summed E-state index contributed by atoms with van der Waals surface area (Å²) >= 11 is 0. The molecular weight excluding hydrogens is 348 g/mol. The Balaban J connectivity index is 1.49. The van der Waals surface area contributed by atoms with E-state index in [2.05, 4.69) is 10.5 Å². The Labute approximate surface area is 144 Å². The van der Waals surface area contributed by atoms with Gasteiger partial charge in [0.25, 0.3) is 5.91 Å². The average Bonchev–Trinajstić information content (AvgIpc) is 3.21. The largest absolute Gasteiger partial charge is 0.486 e. The van der Waals surface area contributed by atoms with Gasteiger partial charge in [-0.25, -0.2) is 8.42 Å². The van der Waals surface area contributed by atoms with Gasteiger partial charge in [-0.15, -0.1) is 0 Å². The van der Waals surface area contributed by atoms with Crippen LogP contribution in [-0.2, 0) is 9.84 Å². The van der Waals surface area contributed by atoms with Crippen molar-refractivity contribution in [3.05, 3.63) is 30.0 Å². The van der Waals surface area contributed by atoms with Crippen molar-refractivity contribution >= 4 is 15.7 Å². The maximum absolute atomic E-state index is 12.2. The Hall–Kier alpha value is -2.55. The number of hydrogen-bond acceptors (Lipinski definition) is 7. The lowest BCUT2D eigenvalue weighted by molar-refractivity contribution is 0.0932. The van der Waals surface area contributed by atoms with Crippen LogP contribution in [0.15, 0.2) is 28.8 Å². The Morgan fingerprint density at radius 3 is 2.72 bits per heavy atom. The summed E-state index contributed by atoms with van der Waals surface area (Å²) in [6.45, 7) is 0.987. The maximum atomic E-state index is 12.2. The van der Waals surface area contributed by atoms with Crippen molar-refractivity contribution in [3.63, 3.8) is 0 Å². The van der Waals surface area contributed by atoms with E-state index in [0.717, 1.165) is 0 Å². The van der Waals surface area contributed by atoms with Crippen LogP contribution in [0.3, 0.4) is 0 Å². The highest BCUT2D eigenvalue weighted by atomic mass is 32.2. The van der Waals surface area contributed by atoms with Crippen molar-refractivity contribution < 1.29 is 27.2 Å². The van der Waals surface area contributed by atoms with E-state index in [9.17, 15) is 13.2 Å². The number of carbonyl (C=O) groups is 1. The van der Waals surface area contributed by atoms with Gasteiger partial charge in [0.05, 0.1) is 11.5 Å². The van der Waals surface area contributed by atoms with E-state index >= 15 is 0 Å². The number of amides is 1. The number of carbonyl (C=O) groups excluding carboxylic acids is 1. The normalized spacial score (nSPS) is 21.0. The van der Waals surface area contributed by atoms with Gasteiger partial charge in [-0.05, 0) is 24.6 Å². The lowest BCUT2D eigenvalue weighted by Crippen LogP contribution is -2.35. The minimum Gasteiger partial charge on any atom is -0.486 e. The molecule has 3 heterocycles. The predicted molar refractivity (Wildman–Crippen MR) is 87.5 cm³/mol. The van der Waals surface area contributed by atoms with Crippen LogP contribution in [0.25, 0.3) is 11.3 Å². The number of fused-ring (bicyclic) bond motifs is 1. The number of aromatic nitrogens is 1. The molecule has 0 saturated carbocycles. The molecule has 0 aliphatic carbocycles. The van der Waals surface area contributed by atoms with Gasteiger partial charge < -0.3 is 19.3 Å². The number of ether oxygens (including phenoxy) is 2. The fourth-order valence-electron chi connectivity index (χ4n) is 2.88. The van der Waals surface area contributed by atoms with E-state index in [-0.39, 0.29) is 23.2 Å². The first kappa shape index (κ1) is 15.9. The highest BCUT2D eigenvalue weighted by Gasteiger charge is 2.30. The van der Waals surface area contributed by atoms with Crippen molar-refractivity contribution in [1.29, 1.82) is 0 Å². The molecular formula is C16H16N2O6S. The molecule has 2 aliphatic heterocycles. The summed E-state index contributed by atoms with van der Waals surface area (Å²) in [5.74, 6) is 1.30. The zero-order chi connectivity index (χ0) is 17.4. The van der Waals surface area contributed by atoms with Crippen LogP contribution in [0.4, 0.5) is 0 Å². The van der Waals surface area contributed by atoms with Crippen LogP contribution < -0.4 is 14.8 Å². The zero-order valence-electron chi connectivity index (χ0n) is 13.2. The monoisotopic (exact) mass is 364 g/mol. The third-order valence-corrected chi connectivity index (χ3v) is 5.91. The van der Waals surface area contributed by atoms with Gasteiger partial charge >= 0.3 is 0 Å². The number of hydrogen-bond donors (Lipinski definition) is 1. The first-order chi connectivity index (χ1) is 12.0. The Bertz CT molecular complexity index is 920. The molecule has 1 fully saturated rings. The summed E-state index contributed by atoms with van der Waals surface area (Å²) in [5.41, 5.74) is 0.813. The number of rotatable bonds is 3. The van der Waals surface area contributed by atoms with Gasteiger partial charge in [0.15, 0.2) is 32.8 Å². The predicted octanol–water partition coefficient (Wildman–Crippen LogP) is 1.03. The number of nitrogens with zero attached hydrogens (tertiary/aromatic N) is 1. The second kappa shape index (κ2) is 6.07. The molecule has 1 amide bonds. The van der Waals surface area contributed by atoms with Crippen molar-refractivity contribution in [3.8, 4) is 22.8 Å². The second-order valence-electron chi connectivity index (χ2n) is 6.01.